The molecule has 2 aromatic carbocycles. The summed E-state index contributed by atoms with van der Waals surface area (Å²) >= 11 is 0. The van der Waals surface area contributed by atoms with Crippen molar-refractivity contribution in [1.82, 2.24) is 9.97 Å². The molecule has 2 heterocycles. The van der Waals surface area contributed by atoms with Crippen molar-refractivity contribution in [1.29, 1.82) is 4.78 Å². The number of anilines is 6. The fraction of sp³-hybridized carbons (Fsp3) is 0.273. The van der Waals surface area contributed by atoms with Crippen LogP contribution in [-0.4, -0.2) is 53.4 Å². The second-order valence-corrected chi connectivity index (χ2v) is 12.5. The molecule has 1 aromatic heterocycles. The Morgan fingerprint density at radius 2 is 1.74 bits per heavy atom. The van der Waals surface area contributed by atoms with Crippen LogP contribution in [0.1, 0.15) is 5.56 Å². The van der Waals surface area contributed by atoms with E-state index in [9.17, 15) is 17.0 Å². The van der Waals surface area contributed by atoms with Gasteiger partial charge in [0.15, 0.2) is 11.6 Å². The normalized spacial score (nSPS) is 15.5. The van der Waals surface area contributed by atoms with Crippen LogP contribution in [0.3, 0.4) is 0 Å². The molecule has 0 bridgehead atoms. The highest BCUT2D eigenvalue weighted by Gasteiger charge is 2.20. The van der Waals surface area contributed by atoms with Crippen molar-refractivity contribution in [2.75, 3.05) is 51.1 Å². The van der Waals surface area contributed by atoms with Crippen molar-refractivity contribution >= 4 is 54.3 Å². The van der Waals surface area contributed by atoms with Gasteiger partial charge in [-0.15, -0.1) is 0 Å². The average molecular weight is 520 g/mol. The largest absolute Gasteiger partial charge is 0.370 e. The standard InChI is InChI=1S/C22H26FN7O3S2/c1-15-13-16(30-9-11-35(24,33)12-10-30)7-8-18(15)27-22-25-14-17(23)21(28-22)26-19-5-3-4-6-20(19)29-34(2,31)32/h3-8,13-14,24,29H,9-12H2,1-2H3,(H2,25,26,27,28). The number of aryl methyl sites for hydroxylation is 1. The monoisotopic (exact) mass is 519 g/mol. The Balaban J connectivity index is 1.52. The van der Waals surface area contributed by atoms with Crippen molar-refractivity contribution in [3.8, 4) is 0 Å². The minimum absolute atomic E-state index is 0.119. The van der Waals surface area contributed by atoms with Gasteiger partial charge in [-0.3, -0.25) is 9.50 Å². The first-order chi connectivity index (χ1) is 16.5. The van der Waals surface area contributed by atoms with Crippen LogP contribution in [0.15, 0.2) is 48.7 Å². The second-order valence-electron chi connectivity index (χ2n) is 8.27. The Kier molecular flexibility index (Phi) is 6.81. The molecule has 0 spiro atoms. The van der Waals surface area contributed by atoms with Crippen LogP contribution in [0.5, 0.6) is 0 Å². The van der Waals surface area contributed by atoms with Crippen LogP contribution in [-0.2, 0) is 19.8 Å². The summed E-state index contributed by atoms with van der Waals surface area (Å²) in [5.41, 5.74) is 3.20. The molecule has 35 heavy (non-hydrogen) atoms. The van der Waals surface area contributed by atoms with Gasteiger partial charge in [-0.25, -0.2) is 22.0 Å². The SMILES string of the molecule is Cc1cc(N2CCS(=N)(=O)CC2)ccc1Nc1ncc(F)c(Nc2ccccc2NS(C)(=O)=O)n1. The van der Waals surface area contributed by atoms with Gasteiger partial charge in [0.25, 0.3) is 0 Å². The third-order valence-electron chi connectivity index (χ3n) is 5.42. The molecule has 13 heteroatoms. The van der Waals surface area contributed by atoms with E-state index in [4.69, 9.17) is 4.78 Å². The van der Waals surface area contributed by atoms with Crippen molar-refractivity contribution in [3.63, 3.8) is 0 Å². The van der Waals surface area contributed by atoms with E-state index >= 15 is 0 Å². The molecular formula is C22H26FN7O3S2. The van der Waals surface area contributed by atoms with Crippen molar-refractivity contribution in [3.05, 3.63) is 60.0 Å². The number of hydrogen-bond donors (Lipinski definition) is 4. The summed E-state index contributed by atoms with van der Waals surface area (Å²) in [5, 5.41) is 5.91. The maximum absolute atomic E-state index is 14.5. The molecule has 0 aliphatic carbocycles. The summed E-state index contributed by atoms with van der Waals surface area (Å²) in [5.74, 6) is 0.0483. The van der Waals surface area contributed by atoms with Gasteiger partial charge in [-0.2, -0.15) is 4.98 Å². The summed E-state index contributed by atoms with van der Waals surface area (Å²) in [6.07, 6.45) is 2.06. The maximum atomic E-state index is 14.5. The predicted molar refractivity (Wildman–Crippen MR) is 137 cm³/mol. The van der Waals surface area contributed by atoms with E-state index in [0.29, 0.717) is 30.3 Å². The first-order valence-electron chi connectivity index (χ1n) is 10.7. The van der Waals surface area contributed by atoms with Crippen molar-refractivity contribution < 1.29 is 17.0 Å². The van der Waals surface area contributed by atoms with Gasteiger partial charge in [0, 0.05) is 45.7 Å². The van der Waals surface area contributed by atoms with Gasteiger partial charge >= 0.3 is 0 Å². The van der Waals surface area contributed by atoms with Crippen molar-refractivity contribution in [2.24, 2.45) is 0 Å². The van der Waals surface area contributed by atoms with E-state index in [0.717, 1.165) is 29.4 Å². The Hall–Kier alpha value is -3.45. The number of nitrogens with zero attached hydrogens (tertiary/aromatic N) is 3. The van der Waals surface area contributed by atoms with Gasteiger partial charge < -0.3 is 15.5 Å². The van der Waals surface area contributed by atoms with Crippen LogP contribution in [0, 0.1) is 17.5 Å². The highest BCUT2D eigenvalue weighted by Crippen LogP contribution is 2.29. The summed E-state index contributed by atoms with van der Waals surface area (Å²) in [6.45, 7) is 3.06. The molecule has 4 N–H and O–H groups in total. The van der Waals surface area contributed by atoms with Gasteiger partial charge in [-0.1, -0.05) is 12.1 Å². The highest BCUT2D eigenvalue weighted by molar-refractivity contribution is 7.92. The van der Waals surface area contributed by atoms with E-state index in [-0.39, 0.29) is 17.5 Å². The van der Waals surface area contributed by atoms with Gasteiger partial charge in [0.2, 0.25) is 16.0 Å². The lowest BCUT2D eigenvalue weighted by Crippen LogP contribution is -2.39. The van der Waals surface area contributed by atoms with Crippen LogP contribution in [0.4, 0.5) is 38.9 Å². The summed E-state index contributed by atoms with van der Waals surface area (Å²) < 4.78 is 59.8. The molecular weight excluding hydrogens is 493 g/mol. The lowest BCUT2D eigenvalue weighted by Gasteiger charge is -2.30. The van der Waals surface area contributed by atoms with Crippen LogP contribution < -0.4 is 20.3 Å². The first-order valence-corrected chi connectivity index (χ1v) is 14.5. The van der Waals surface area contributed by atoms with Gasteiger partial charge in [-0.05, 0) is 42.8 Å². The number of rotatable bonds is 7. The zero-order valence-electron chi connectivity index (χ0n) is 19.2. The quantitative estimate of drug-likeness (QED) is 0.371. The summed E-state index contributed by atoms with van der Waals surface area (Å²) in [7, 11) is -5.99. The number of aromatic nitrogens is 2. The Morgan fingerprint density at radius 3 is 2.40 bits per heavy atom. The summed E-state index contributed by atoms with van der Waals surface area (Å²) in [6, 6.07) is 12.3. The van der Waals surface area contributed by atoms with Crippen molar-refractivity contribution in [2.45, 2.75) is 6.92 Å². The zero-order valence-corrected chi connectivity index (χ0v) is 20.8. The second kappa shape index (κ2) is 9.66. The molecule has 186 valence electrons. The van der Waals surface area contributed by atoms with Gasteiger partial charge in [0.1, 0.15) is 0 Å². The molecule has 0 saturated carbocycles. The van der Waals surface area contributed by atoms with Crippen LogP contribution >= 0.6 is 0 Å². The number of benzene rings is 2. The smallest absolute Gasteiger partial charge is 0.229 e. The van der Waals surface area contributed by atoms with Gasteiger partial charge in [0.05, 0.1) is 23.8 Å². The molecule has 0 unspecified atom stereocenters. The van der Waals surface area contributed by atoms with E-state index in [1.54, 1.807) is 24.3 Å². The van der Waals surface area contributed by atoms with E-state index in [2.05, 4.69) is 30.2 Å². The Bertz CT molecular complexity index is 1450. The molecule has 3 aromatic rings. The van der Waals surface area contributed by atoms with E-state index in [1.807, 2.05) is 25.1 Å². The molecule has 0 atom stereocenters. The number of hydrogen-bond acceptors (Lipinski definition) is 9. The molecule has 0 radical (unpaired) electrons. The lowest BCUT2D eigenvalue weighted by molar-refractivity contribution is 0.607. The number of nitrogens with one attached hydrogen (secondary N) is 4. The lowest BCUT2D eigenvalue weighted by atomic mass is 10.1. The third-order valence-corrected chi connectivity index (χ3v) is 7.70. The Morgan fingerprint density at radius 1 is 1.06 bits per heavy atom. The summed E-state index contributed by atoms with van der Waals surface area (Å²) in [4.78, 5) is 10.3. The fourth-order valence-electron chi connectivity index (χ4n) is 3.62. The number of para-hydroxylation sites is 2. The highest BCUT2D eigenvalue weighted by atomic mass is 32.2. The molecule has 0 amide bonds. The third kappa shape index (κ3) is 6.36. The molecule has 4 rings (SSSR count). The molecule has 1 aliphatic heterocycles. The molecule has 1 fully saturated rings. The molecule has 1 saturated heterocycles. The number of sulfonamides is 1. The van der Waals surface area contributed by atoms with Crippen LogP contribution in [0.2, 0.25) is 0 Å². The minimum atomic E-state index is -3.53. The predicted octanol–water partition coefficient (Wildman–Crippen LogP) is 3.65. The van der Waals surface area contributed by atoms with Crippen LogP contribution in [0.25, 0.3) is 0 Å². The first kappa shape index (κ1) is 24.7. The fourth-order valence-corrected chi connectivity index (χ4v) is 5.43. The number of halogens is 1. The zero-order chi connectivity index (χ0) is 25.2. The topological polar surface area (TPSA) is 140 Å². The average Bonchev–Trinajstić information content (AvgIpc) is 2.78. The Labute approximate surface area is 204 Å². The maximum Gasteiger partial charge on any atom is 0.229 e. The minimum Gasteiger partial charge on any atom is -0.370 e. The van der Waals surface area contributed by atoms with E-state index in [1.165, 1.54) is 0 Å². The molecule has 1 aliphatic rings. The molecule has 10 nitrogen and oxygen atoms in total. The van der Waals surface area contributed by atoms with E-state index < -0.39 is 25.6 Å².